The maximum absolute atomic E-state index is 13.7. The predicted molar refractivity (Wildman–Crippen MR) is 117 cm³/mol. The molecular weight excluding hydrogens is 453 g/mol. The maximum atomic E-state index is 13.7. The van der Waals surface area contributed by atoms with Gasteiger partial charge < -0.3 is 9.47 Å². The third kappa shape index (κ3) is 6.06. The Morgan fingerprint density at radius 3 is 2.42 bits per heavy atom. The highest BCUT2D eigenvalue weighted by molar-refractivity contribution is 7.89. The quantitative estimate of drug-likeness (QED) is 0.612. The summed E-state index contributed by atoms with van der Waals surface area (Å²) in [6.07, 6.45) is -1.60. The highest BCUT2D eigenvalue weighted by Gasteiger charge is 2.32. The van der Waals surface area contributed by atoms with Gasteiger partial charge in [0.1, 0.15) is 0 Å². The number of morpholine rings is 1. The van der Waals surface area contributed by atoms with Crippen LogP contribution in [0.3, 0.4) is 0 Å². The number of para-hydroxylation sites is 1. The fourth-order valence-electron chi connectivity index (χ4n) is 3.35. The molecule has 1 heterocycles. The molecule has 0 saturated carbocycles. The van der Waals surface area contributed by atoms with Crippen LogP contribution in [0.4, 0.5) is 4.39 Å². The largest absolute Gasteiger partial charge is 0.478 e. The maximum Gasteiger partial charge on any atom is 0.279 e. The van der Waals surface area contributed by atoms with Gasteiger partial charge >= 0.3 is 0 Å². The van der Waals surface area contributed by atoms with Crippen LogP contribution in [0.25, 0.3) is 0 Å². The lowest BCUT2D eigenvalue weighted by Crippen LogP contribution is -2.48. The van der Waals surface area contributed by atoms with Crippen LogP contribution in [-0.2, 0) is 19.6 Å². The van der Waals surface area contributed by atoms with Gasteiger partial charge in [0.2, 0.25) is 10.0 Å². The molecule has 0 radical (unpaired) electrons. The Bertz CT molecular complexity index is 1120. The Labute approximate surface area is 191 Å². The first-order valence-corrected chi connectivity index (χ1v) is 11.8. The summed E-state index contributed by atoms with van der Waals surface area (Å²) in [4.78, 5) is 24.6. The van der Waals surface area contributed by atoms with Gasteiger partial charge in [0.05, 0.1) is 17.1 Å². The molecule has 9 nitrogen and oxygen atoms in total. The lowest BCUT2D eigenvalue weighted by atomic mass is 10.2. The van der Waals surface area contributed by atoms with Crippen molar-refractivity contribution in [2.24, 2.45) is 0 Å². The van der Waals surface area contributed by atoms with E-state index in [1.165, 1.54) is 53.7 Å². The van der Waals surface area contributed by atoms with E-state index in [0.29, 0.717) is 0 Å². The number of nitrogens with one attached hydrogen (secondary N) is 2. The molecule has 0 aliphatic carbocycles. The number of amides is 2. The Hall–Kier alpha value is -3.02. The average Bonchev–Trinajstić information content (AvgIpc) is 2.78. The summed E-state index contributed by atoms with van der Waals surface area (Å²) in [6, 6.07) is 11.1. The summed E-state index contributed by atoms with van der Waals surface area (Å²) in [7, 11) is -3.84. The molecule has 1 fully saturated rings. The van der Waals surface area contributed by atoms with E-state index >= 15 is 0 Å². The van der Waals surface area contributed by atoms with Crippen LogP contribution < -0.4 is 15.6 Å². The predicted octanol–water partition coefficient (Wildman–Crippen LogP) is 1.85. The molecule has 0 aromatic heterocycles. The summed E-state index contributed by atoms with van der Waals surface area (Å²) in [5.74, 6) is -2.16. The van der Waals surface area contributed by atoms with Crippen molar-refractivity contribution in [3.8, 4) is 5.75 Å². The van der Waals surface area contributed by atoms with Crippen molar-refractivity contribution < 1.29 is 31.9 Å². The van der Waals surface area contributed by atoms with Crippen molar-refractivity contribution in [2.75, 3.05) is 13.1 Å². The van der Waals surface area contributed by atoms with E-state index in [9.17, 15) is 22.4 Å². The zero-order valence-electron chi connectivity index (χ0n) is 18.4. The highest BCUT2D eigenvalue weighted by atomic mass is 32.2. The summed E-state index contributed by atoms with van der Waals surface area (Å²) < 4.78 is 51.9. The van der Waals surface area contributed by atoms with Crippen LogP contribution in [0.15, 0.2) is 53.4 Å². The number of sulfonamides is 1. The second kappa shape index (κ2) is 10.3. The van der Waals surface area contributed by atoms with Gasteiger partial charge in [-0.2, -0.15) is 4.31 Å². The minimum atomic E-state index is -3.84. The van der Waals surface area contributed by atoms with Crippen molar-refractivity contribution in [1.29, 1.82) is 0 Å². The number of carbonyl (C=O) groups excluding carboxylic acids is 2. The molecule has 178 valence electrons. The molecule has 2 aromatic rings. The first kappa shape index (κ1) is 24.6. The first-order chi connectivity index (χ1) is 15.6. The summed E-state index contributed by atoms with van der Waals surface area (Å²) in [6.45, 7) is 5.40. The van der Waals surface area contributed by atoms with Crippen LogP contribution in [-0.4, -0.2) is 55.9 Å². The van der Waals surface area contributed by atoms with Gasteiger partial charge in [-0.25, -0.2) is 12.8 Å². The Balaban J connectivity index is 1.63. The highest BCUT2D eigenvalue weighted by Crippen LogP contribution is 2.22. The van der Waals surface area contributed by atoms with Crippen LogP contribution in [0.5, 0.6) is 5.75 Å². The normalized spacial score (nSPS) is 20.0. The van der Waals surface area contributed by atoms with Crippen LogP contribution in [0.1, 0.15) is 31.1 Å². The molecule has 3 atom stereocenters. The van der Waals surface area contributed by atoms with Gasteiger partial charge in [0.15, 0.2) is 17.7 Å². The van der Waals surface area contributed by atoms with Gasteiger partial charge in [0, 0.05) is 18.7 Å². The number of benzene rings is 2. The summed E-state index contributed by atoms with van der Waals surface area (Å²) in [5.41, 5.74) is 4.44. The summed E-state index contributed by atoms with van der Waals surface area (Å²) in [5, 5.41) is 0. The zero-order chi connectivity index (χ0) is 24.2. The molecule has 1 aliphatic rings. The van der Waals surface area contributed by atoms with Gasteiger partial charge in [-0.3, -0.25) is 20.4 Å². The molecule has 1 aliphatic heterocycles. The third-order valence-electron chi connectivity index (χ3n) is 4.93. The molecular formula is C22H26FN3O6S. The monoisotopic (exact) mass is 479 g/mol. The Morgan fingerprint density at radius 1 is 1.09 bits per heavy atom. The Kier molecular flexibility index (Phi) is 7.67. The van der Waals surface area contributed by atoms with E-state index in [-0.39, 0.29) is 41.5 Å². The molecule has 11 heteroatoms. The zero-order valence-corrected chi connectivity index (χ0v) is 19.3. The molecule has 2 amide bonds. The van der Waals surface area contributed by atoms with E-state index in [0.717, 1.165) is 0 Å². The molecule has 0 unspecified atom stereocenters. The smallest absolute Gasteiger partial charge is 0.279 e. The Morgan fingerprint density at radius 2 is 1.76 bits per heavy atom. The fraction of sp³-hybridized carbons (Fsp3) is 0.364. The lowest BCUT2D eigenvalue weighted by Gasteiger charge is -2.34. The average molecular weight is 480 g/mol. The number of rotatable bonds is 6. The van der Waals surface area contributed by atoms with Gasteiger partial charge in [-0.15, -0.1) is 0 Å². The number of hydrogen-bond acceptors (Lipinski definition) is 6. The van der Waals surface area contributed by atoms with Crippen molar-refractivity contribution in [2.45, 2.75) is 44.0 Å². The molecule has 33 heavy (non-hydrogen) atoms. The van der Waals surface area contributed by atoms with Crippen molar-refractivity contribution in [3.63, 3.8) is 0 Å². The second-order valence-corrected chi connectivity index (χ2v) is 9.68. The van der Waals surface area contributed by atoms with E-state index in [1.54, 1.807) is 19.9 Å². The number of nitrogens with zero attached hydrogens (tertiary/aromatic N) is 1. The van der Waals surface area contributed by atoms with E-state index in [2.05, 4.69) is 10.9 Å². The standard InChI is InChI=1S/C22H26FN3O6S/c1-14-12-26(13-15(2)31-14)33(29,30)18-8-6-7-17(11-18)22(28)25-24-21(27)16(3)32-20-10-5-4-9-19(20)23/h4-11,14-16H,12-13H2,1-3H3,(H,24,27)(H,25,28)/t14-,15-,16+/m0/s1. The van der Waals surface area contributed by atoms with Crippen molar-refractivity contribution in [1.82, 2.24) is 15.2 Å². The number of hydrazine groups is 1. The van der Waals surface area contributed by atoms with Gasteiger partial charge in [-0.05, 0) is 51.1 Å². The van der Waals surface area contributed by atoms with Gasteiger partial charge in [-0.1, -0.05) is 18.2 Å². The van der Waals surface area contributed by atoms with E-state index in [4.69, 9.17) is 9.47 Å². The fourth-order valence-corrected chi connectivity index (χ4v) is 4.99. The molecule has 2 aromatic carbocycles. The molecule has 0 spiro atoms. The lowest BCUT2D eigenvalue weighted by molar-refractivity contribution is -0.128. The SMILES string of the molecule is C[C@H]1CN(S(=O)(=O)c2cccc(C(=O)NNC(=O)[C@@H](C)Oc3ccccc3F)c2)C[C@H](C)O1. The number of halogens is 1. The summed E-state index contributed by atoms with van der Waals surface area (Å²) >= 11 is 0. The molecule has 3 rings (SSSR count). The second-order valence-electron chi connectivity index (χ2n) is 7.74. The molecule has 2 N–H and O–H groups in total. The van der Waals surface area contributed by atoms with E-state index < -0.39 is 33.8 Å². The number of ether oxygens (including phenoxy) is 2. The topological polar surface area (TPSA) is 114 Å². The first-order valence-electron chi connectivity index (χ1n) is 10.3. The van der Waals surface area contributed by atoms with E-state index in [1.807, 2.05) is 0 Å². The van der Waals surface area contributed by atoms with Gasteiger partial charge in [0.25, 0.3) is 11.8 Å². The molecule has 1 saturated heterocycles. The third-order valence-corrected chi connectivity index (χ3v) is 6.76. The molecule has 0 bridgehead atoms. The van der Waals surface area contributed by atoms with Crippen molar-refractivity contribution in [3.05, 3.63) is 59.9 Å². The number of carbonyl (C=O) groups is 2. The van der Waals surface area contributed by atoms with Crippen LogP contribution in [0, 0.1) is 5.82 Å². The minimum Gasteiger partial charge on any atom is -0.478 e. The number of hydrogen-bond donors (Lipinski definition) is 2. The van der Waals surface area contributed by atoms with Crippen molar-refractivity contribution >= 4 is 21.8 Å². The van der Waals surface area contributed by atoms with Crippen LogP contribution >= 0.6 is 0 Å². The van der Waals surface area contributed by atoms with Crippen LogP contribution in [0.2, 0.25) is 0 Å². The minimum absolute atomic E-state index is 0.0356.